The largest absolute Gasteiger partial charge is 0.330 e. The Labute approximate surface area is 97.6 Å². The van der Waals surface area contributed by atoms with Gasteiger partial charge in [0.15, 0.2) is 0 Å². The minimum atomic E-state index is 0.470. The molecule has 1 aromatic rings. The smallest absolute Gasteiger partial charge is 0.0406 e. The first kappa shape index (κ1) is 12.5. The molecule has 15 heavy (non-hydrogen) atoms. The summed E-state index contributed by atoms with van der Waals surface area (Å²) in [5.41, 5.74) is 7.12. The van der Waals surface area contributed by atoms with E-state index in [1.807, 2.05) is 12.1 Å². The van der Waals surface area contributed by atoms with Gasteiger partial charge in [0.05, 0.1) is 0 Å². The third kappa shape index (κ3) is 3.84. The molecule has 0 heterocycles. The summed E-state index contributed by atoms with van der Waals surface area (Å²) in [4.78, 5) is 0. The zero-order chi connectivity index (χ0) is 11.3. The first-order valence-corrected chi connectivity index (χ1v) is 6.00. The maximum Gasteiger partial charge on any atom is 0.0406 e. The summed E-state index contributed by atoms with van der Waals surface area (Å²) in [7, 11) is 0. The standard InChI is InChI=1S/C13H20ClN/c1-3-10(2)8-12(9-15)11-4-6-13(14)7-5-11/h4-7,10,12H,3,8-9,15H2,1-2H3. The van der Waals surface area contributed by atoms with Gasteiger partial charge in [0.25, 0.3) is 0 Å². The van der Waals surface area contributed by atoms with E-state index in [0.29, 0.717) is 12.5 Å². The van der Waals surface area contributed by atoms with E-state index in [4.69, 9.17) is 17.3 Å². The van der Waals surface area contributed by atoms with Gasteiger partial charge in [-0.3, -0.25) is 0 Å². The summed E-state index contributed by atoms with van der Waals surface area (Å²) in [6.07, 6.45) is 2.37. The van der Waals surface area contributed by atoms with Gasteiger partial charge in [-0.05, 0) is 42.5 Å². The Morgan fingerprint density at radius 3 is 2.33 bits per heavy atom. The van der Waals surface area contributed by atoms with E-state index in [9.17, 15) is 0 Å². The summed E-state index contributed by atoms with van der Waals surface area (Å²) < 4.78 is 0. The number of halogens is 1. The van der Waals surface area contributed by atoms with Crippen molar-refractivity contribution in [3.63, 3.8) is 0 Å². The summed E-state index contributed by atoms with van der Waals surface area (Å²) in [6, 6.07) is 8.05. The second-order valence-electron chi connectivity index (χ2n) is 4.23. The molecule has 0 bridgehead atoms. The first-order chi connectivity index (χ1) is 7.17. The highest BCUT2D eigenvalue weighted by molar-refractivity contribution is 6.30. The predicted octanol–water partition coefficient (Wildman–Crippen LogP) is 3.82. The van der Waals surface area contributed by atoms with Crippen LogP contribution in [0.25, 0.3) is 0 Å². The quantitative estimate of drug-likeness (QED) is 0.810. The molecule has 84 valence electrons. The van der Waals surface area contributed by atoms with Gasteiger partial charge in [0.2, 0.25) is 0 Å². The van der Waals surface area contributed by atoms with E-state index in [0.717, 1.165) is 17.4 Å². The molecule has 2 unspecified atom stereocenters. The van der Waals surface area contributed by atoms with Crippen molar-refractivity contribution >= 4 is 11.6 Å². The van der Waals surface area contributed by atoms with Crippen LogP contribution in [0.15, 0.2) is 24.3 Å². The van der Waals surface area contributed by atoms with Gasteiger partial charge in [0.1, 0.15) is 0 Å². The first-order valence-electron chi connectivity index (χ1n) is 5.62. The van der Waals surface area contributed by atoms with Crippen LogP contribution < -0.4 is 5.73 Å². The molecule has 0 aliphatic heterocycles. The molecule has 0 aliphatic rings. The third-order valence-electron chi connectivity index (χ3n) is 3.01. The Balaban J connectivity index is 2.69. The highest BCUT2D eigenvalue weighted by Gasteiger charge is 2.12. The van der Waals surface area contributed by atoms with E-state index in [1.165, 1.54) is 12.0 Å². The van der Waals surface area contributed by atoms with Crippen LogP contribution in [0.4, 0.5) is 0 Å². The second-order valence-corrected chi connectivity index (χ2v) is 4.67. The van der Waals surface area contributed by atoms with Crippen molar-refractivity contribution in [2.45, 2.75) is 32.6 Å². The molecule has 2 N–H and O–H groups in total. The highest BCUT2D eigenvalue weighted by Crippen LogP contribution is 2.25. The Morgan fingerprint density at radius 1 is 1.27 bits per heavy atom. The summed E-state index contributed by atoms with van der Waals surface area (Å²) in [6.45, 7) is 5.21. The Bertz CT molecular complexity index is 281. The maximum absolute atomic E-state index is 5.86. The molecular formula is C13H20ClN. The molecule has 0 radical (unpaired) electrons. The zero-order valence-electron chi connectivity index (χ0n) is 9.54. The van der Waals surface area contributed by atoms with Gasteiger partial charge in [-0.25, -0.2) is 0 Å². The number of hydrogen-bond donors (Lipinski definition) is 1. The second kappa shape index (κ2) is 6.14. The highest BCUT2D eigenvalue weighted by atomic mass is 35.5. The summed E-state index contributed by atoms with van der Waals surface area (Å²) in [5, 5.41) is 0.790. The van der Waals surface area contributed by atoms with Crippen LogP contribution in [0.2, 0.25) is 5.02 Å². The maximum atomic E-state index is 5.86. The van der Waals surface area contributed by atoms with Crippen LogP contribution in [0.1, 0.15) is 38.2 Å². The normalized spacial score (nSPS) is 14.9. The average molecular weight is 226 g/mol. The zero-order valence-corrected chi connectivity index (χ0v) is 10.3. The molecule has 1 rings (SSSR count). The molecule has 0 saturated carbocycles. The van der Waals surface area contributed by atoms with E-state index in [2.05, 4.69) is 26.0 Å². The van der Waals surface area contributed by atoms with Crippen molar-refractivity contribution in [1.82, 2.24) is 0 Å². The fourth-order valence-corrected chi connectivity index (χ4v) is 1.88. The monoisotopic (exact) mass is 225 g/mol. The Kier molecular flexibility index (Phi) is 5.13. The lowest BCUT2D eigenvalue weighted by Gasteiger charge is -2.19. The Hall–Kier alpha value is -0.530. The van der Waals surface area contributed by atoms with E-state index in [1.54, 1.807) is 0 Å². The Morgan fingerprint density at radius 2 is 1.87 bits per heavy atom. The molecule has 0 saturated heterocycles. The molecule has 2 atom stereocenters. The summed E-state index contributed by atoms with van der Waals surface area (Å²) >= 11 is 5.86. The van der Waals surface area contributed by atoms with Crippen molar-refractivity contribution in [2.75, 3.05) is 6.54 Å². The van der Waals surface area contributed by atoms with E-state index < -0.39 is 0 Å². The number of nitrogens with two attached hydrogens (primary N) is 1. The van der Waals surface area contributed by atoms with Crippen LogP contribution in [0, 0.1) is 5.92 Å². The molecular weight excluding hydrogens is 206 g/mol. The van der Waals surface area contributed by atoms with Crippen molar-refractivity contribution in [3.8, 4) is 0 Å². The van der Waals surface area contributed by atoms with Crippen molar-refractivity contribution in [1.29, 1.82) is 0 Å². The molecule has 0 amide bonds. The van der Waals surface area contributed by atoms with Crippen molar-refractivity contribution in [3.05, 3.63) is 34.9 Å². The van der Waals surface area contributed by atoms with Gasteiger partial charge in [-0.2, -0.15) is 0 Å². The lowest BCUT2D eigenvalue weighted by atomic mass is 9.88. The SMILES string of the molecule is CCC(C)CC(CN)c1ccc(Cl)cc1. The minimum Gasteiger partial charge on any atom is -0.330 e. The van der Waals surface area contributed by atoms with Crippen molar-refractivity contribution in [2.24, 2.45) is 11.7 Å². The van der Waals surface area contributed by atoms with E-state index >= 15 is 0 Å². The lowest BCUT2D eigenvalue weighted by molar-refractivity contribution is 0.458. The summed E-state index contributed by atoms with van der Waals surface area (Å²) in [5.74, 6) is 1.20. The van der Waals surface area contributed by atoms with Crippen LogP contribution in [-0.4, -0.2) is 6.54 Å². The predicted molar refractivity (Wildman–Crippen MR) is 67.3 cm³/mol. The molecule has 1 nitrogen and oxygen atoms in total. The molecule has 0 aromatic heterocycles. The topological polar surface area (TPSA) is 26.0 Å². The van der Waals surface area contributed by atoms with Crippen LogP contribution >= 0.6 is 11.6 Å². The van der Waals surface area contributed by atoms with Gasteiger partial charge in [-0.15, -0.1) is 0 Å². The minimum absolute atomic E-state index is 0.470. The van der Waals surface area contributed by atoms with Crippen LogP contribution in [0.5, 0.6) is 0 Å². The molecule has 0 spiro atoms. The lowest BCUT2D eigenvalue weighted by Crippen LogP contribution is -2.15. The number of rotatable bonds is 5. The fraction of sp³-hybridized carbons (Fsp3) is 0.538. The molecule has 1 aromatic carbocycles. The van der Waals surface area contributed by atoms with E-state index in [-0.39, 0.29) is 0 Å². The van der Waals surface area contributed by atoms with Gasteiger partial charge < -0.3 is 5.73 Å². The van der Waals surface area contributed by atoms with Gasteiger partial charge in [-0.1, -0.05) is 44.0 Å². The fourth-order valence-electron chi connectivity index (χ4n) is 1.76. The average Bonchev–Trinajstić information content (AvgIpc) is 2.27. The van der Waals surface area contributed by atoms with Gasteiger partial charge >= 0.3 is 0 Å². The molecule has 0 aliphatic carbocycles. The molecule has 0 fully saturated rings. The van der Waals surface area contributed by atoms with Crippen LogP contribution in [-0.2, 0) is 0 Å². The number of benzene rings is 1. The van der Waals surface area contributed by atoms with Crippen molar-refractivity contribution < 1.29 is 0 Å². The number of hydrogen-bond acceptors (Lipinski definition) is 1. The third-order valence-corrected chi connectivity index (χ3v) is 3.26. The molecule has 2 heteroatoms. The van der Waals surface area contributed by atoms with Crippen LogP contribution in [0.3, 0.4) is 0 Å². The van der Waals surface area contributed by atoms with Gasteiger partial charge in [0, 0.05) is 5.02 Å².